The highest BCUT2D eigenvalue weighted by Gasteiger charge is 2.69. The Labute approximate surface area is 293 Å². The Morgan fingerprint density at radius 3 is 1.33 bits per heavy atom. The van der Waals surface area contributed by atoms with Crippen LogP contribution in [0.5, 0.6) is 0 Å². The number of hydrogen-bond acceptors (Lipinski definition) is 7. The summed E-state index contributed by atoms with van der Waals surface area (Å²) in [5, 5.41) is 33.7. The summed E-state index contributed by atoms with van der Waals surface area (Å²) in [6, 6.07) is 0. The van der Waals surface area contributed by atoms with Gasteiger partial charge in [-0.05, 0) is 38.5 Å². The van der Waals surface area contributed by atoms with E-state index in [-0.39, 0.29) is 25.7 Å². The van der Waals surface area contributed by atoms with Crippen LogP contribution in [0.25, 0.3) is 0 Å². The van der Waals surface area contributed by atoms with E-state index in [1.165, 1.54) is 89.9 Å². The summed E-state index contributed by atoms with van der Waals surface area (Å²) in [7, 11) is 0. The average molecular weight is 677 g/mol. The van der Waals surface area contributed by atoms with Gasteiger partial charge >= 0.3 is 0 Å². The molecule has 0 aromatic carbocycles. The number of ketones is 4. The van der Waals surface area contributed by atoms with Crippen LogP contribution >= 0.6 is 0 Å². The summed E-state index contributed by atoms with van der Waals surface area (Å²) in [6.45, 7) is 4.46. The van der Waals surface area contributed by atoms with E-state index < -0.39 is 40.4 Å². The Balaban J connectivity index is 2.44. The fraction of sp³-hybridized carbons (Fsp3) is 0.854. The third-order valence-corrected chi connectivity index (χ3v) is 10.3. The van der Waals surface area contributed by atoms with Gasteiger partial charge in [-0.2, -0.15) is 0 Å². The molecule has 48 heavy (non-hydrogen) atoms. The molecule has 1 aliphatic carbocycles. The fourth-order valence-corrected chi connectivity index (χ4v) is 6.96. The topological polar surface area (TPSA) is 129 Å². The lowest BCUT2D eigenvalue weighted by molar-refractivity contribution is -0.202. The van der Waals surface area contributed by atoms with Crippen molar-refractivity contribution in [2.24, 2.45) is 0 Å². The lowest BCUT2D eigenvalue weighted by Crippen LogP contribution is -2.72. The lowest BCUT2D eigenvalue weighted by atomic mass is 9.70. The van der Waals surface area contributed by atoms with Crippen molar-refractivity contribution < 1.29 is 34.5 Å². The fourth-order valence-electron chi connectivity index (χ4n) is 6.96. The van der Waals surface area contributed by atoms with Crippen LogP contribution in [0.15, 0.2) is 12.2 Å². The third kappa shape index (κ3) is 15.9. The van der Waals surface area contributed by atoms with Gasteiger partial charge in [0.1, 0.15) is 0 Å². The molecule has 0 amide bonds. The zero-order valence-corrected chi connectivity index (χ0v) is 30.9. The zero-order valence-electron chi connectivity index (χ0n) is 30.9. The number of hydrogen-bond donors (Lipinski definition) is 3. The van der Waals surface area contributed by atoms with Crippen LogP contribution in [-0.2, 0) is 19.2 Å². The van der Waals surface area contributed by atoms with E-state index in [0.29, 0.717) is 19.3 Å². The van der Waals surface area contributed by atoms with E-state index in [0.717, 1.165) is 57.8 Å². The normalized spacial score (nSPS) is 16.5. The quantitative estimate of drug-likeness (QED) is 0.0359. The molecule has 1 rings (SSSR count). The van der Waals surface area contributed by atoms with Gasteiger partial charge in [0, 0.05) is 25.7 Å². The molecule has 2 atom stereocenters. The molecule has 0 bridgehead atoms. The van der Waals surface area contributed by atoms with Crippen LogP contribution in [0.4, 0.5) is 0 Å². The molecule has 0 radical (unpaired) electrons. The van der Waals surface area contributed by atoms with Gasteiger partial charge in [0.15, 0.2) is 34.8 Å². The molecular formula is C41H72O7. The molecule has 0 aromatic rings. The molecule has 278 valence electrons. The predicted molar refractivity (Wildman–Crippen MR) is 195 cm³/mol. The maximum absolute atomic E-state index is 13.4. The summed E-state index contributed by atoms with van der Waals surface area (Å²) in [6.07, 6.45) is 29.7. The van der Waals surface area contributed by atoms with E-state index in [1.54, 1.807) is 0 Å². The summed E-state index contributed by atoms with van der Waals surface area (Å²) in [5.41, 5.74) is -6.25. The van der Waals surface area contributed by atoms with Crippen LogP contribution in [-0.4, -0.2) is 55.8 Å². The second-order valence-corrected chi connectivity index (χ2v) is 14.4. The molecule has 0 heterocycles. The molecule has 3 N–H and O–H groups in total. The van der Waals surface area contributed by atoms with Crippen molar-refractivity contribution in [3.63, 3.8) is 0 Å². The Bertz CT molecular complexity index is 910. The van der Waals surface area contributed by atoms with E-state index in [2.05, 4.69) is 26.0 Å². The molecule has 7 heteroatoms. The number of carbonyl (C=O) groups excluding carboxylic acids is 4. The van der Waals surface area contributed by atoms with Crippen LogP contribution in [0.3, 0.4) is 0 Å². The maximum Gasteiger partial charge on any atom is 0.220 e. The highest BCUT2D eigenvalue weighted by molar-refractivity contribution is 6.21. The van der Waals surface area contributed by atoms with Gasteiger partial charge in [-0.3, -0.25) is 19.2 Å². The highest BCUT2D eigenvalue weighted by atomic mass is 16.4. The van der Waals surface area contributed by atoms with Crippen molar-refractivity contribution >= 4 is 23.1 Å². The van der Waals surface area contributed by atoms with Gasteiger partial charge in [-0.25, -0.2) is 0 Å². The summed E-state index contributed by atoms with van der Waals surface area (Å²) < 4.78 is 0. The molecule has 0 aromatic heterocycles. The number of Topliss-reactive ketones (excluding diaryl/α,β-unsaturated/α-hetero) is 4. The van der Waals surface area contributed by atoms with Gasteiger partial charge in [0.25, 0.3) is 0 Å². The highest BCUT2D eigenvalue weighted by Crippen LogP contribution is 2.38. The van der Waals surface area contributed by atoms with Gasteiger partial charge in [-0.1, -0.05) is 154 Å². The van der Waals surface area contributed by atoms with Crippen molar-refractivity contribution in [3.05, 3.63) is 12.2 Å². The Morgan fingerprint density at radius 2 is 0.938 bits per heavy atom. The Morgan fingerprint density at radius 1 is 0.604 bits per heavy atom. The molecule has 0 saturated heterocycles. The first kappa shape index (κ1) is 44.3. The number of rotatable bonds is 33. The molecule has 2 unspecified atom stereocenters. The lowest BCUT2D eigenvalue weighted by Gasteiger charge is -2.40. The summed E-state index contributed by atoms with van der Waals surface area (Å²) in [4.78, 5) is 51.7. The van der Waals surface area contributed by atoms with Crippen molar-refractivity contribution in [1.82, 2.24) is 0 Å². The monoisotopic (exact) mass is 677 g/mol. The van der Waals surface area contributed by atoms with Gasteiger partial charge in [0.2, 0.25) is 5.60 Å². The predicted octanol–water partition coefficient (Wildman–Crippen LogP) is 9.40. The Hall–Kier alpha value is -1.70. The van der Waals surface area contributed by atoms with Crippen molar-refractivity contribution in [3.8, 4) is 0 Å². The summed E-state index contributed by atoms with van der Waals surface area (Å²) in [5.74, 6) is -3.86. The number of aliphatic hydroxyl groups is 3. The number of aliphatic hydroxyl groups excluding tert-OH is 1. The minimum absolute atomic E-state index is 0.0968. The van der Waals surface area contributed by atoms with Crippen molar-refractivity contribution in [2.75, 3.05) is 0 Å². The first-order valence-corrected chi connectivity index (χ1v) is 20.1. The van der Waals surface area contributed by atoms with Gasteiger partial charge in [0.05, 0.1) is 0 Å². The van der Waals surface area contributed by atoms with E-state index in [9.17, 15) is 34.5 Å². The molecule has 0 spiro atoms. The largest absolute Gasteiger partial charge is 0.382 e. The number of unbranched alkanes of at least 4 members (excludes halogenated alkanes) is 23. The smallest absolute Gasteiger partial charge is 0.220 e. The van der Waals surface area contributed by atoms with E-state index in [4.69, 9.17) is 0 Å². The van der Waals surface area contributed by atoms with Gasteiger partial charge in [-0.15, -0.1) is 0 Å². The van der Waals surface area contributed by atoms with Crippen molar-refractivity contribution in [1.29, 1.82) is 0 Å². The summed E-state index contributed by atoms with van der Waals surface area (Å²) >= 11 is 0. The van der Waals surface area contributed by atoms with Gasteiger partial charge < -0.3 is 15.3 Å². The van der Waals surface area contributed by atoms with Crippen LogP contribution < -0.4 is 0 Å². The Kier molecular flexibility index (Phi) is 25.0. The zero-order chi connectivity index (χ0) is 35.5. The SMILES string of the molecule is CCCCCCCC/C=C/CCCCCCCC(=O)C(O)(C(O)C(=O)CCCCCCCCCCCCCCC)C1(O)C(=O)CCC1=O. The standard InChI is InChI=1S/C41H72O7/c1-3-5-7-9-11-13-15-17-18-20-22-24-26-28-30-32-36(43)41(48,40(47)37(44)33-34-38(40)45)39(46)35(42)31-29-27-25-23-21-19-16-14-12-10-8-6-4-2/h17-18,39,46-48H,3-16,19-34H2,1-2H3/b18-17+. The molecule has 1 saturated carbocycles. The second kappa shape index (κ2) is 27.1. The maximum atomic E-state index is 13.4. The van der Waals surface area contributed by atoms with Crippen LogP contribution in [0, 0.1) is 0 Å². The molecule has 7 nitrogen and oxygen atoms in total. The van der Waals surface area contributed by atoms with Crippen LogP contribution in [0.1, 0.15) is 206 Å². The second-order valence-electron chi connectivity index (χ2n) is 14.4. The first-order valence-electron chi connectivity index (χ1n) is 20.1. The average Bonchev–Trinajstić information content (AvgIpc) is 3.35. The van der Waals surface area contributed by atoms with Crippen LogP contribution in [0.2, 0.25) is 0 Å². The molecule has 1 aliphatic rings. The number of allylic oxidation sites excluding steroid dienone is 2. The van der Waals surface area contributed by atoms with Crippen molar-refractivity contribution in [2.45, 2.75) is 224 Å². The van der Waals surface area contributed by atoms with E-state index in [1.807, 2.05) is 0 Å². The van der Waals surface area contributed by atoms with E-state index >= 15 is 0 Å². The molecule has 1 fully saturated rings. The third-order valence-electron chi connectivity index (χ3n) is 10.3. The number of carbonyl (C=O) groups is 4. The molecular weight excluding hydrogens is 604 g/mol. The first-order chi connectivity index (χ1) is 23.2. The minimum atomic E-state index is -3.16. The molecule has 0 aliphatic heterocycles. The minimum Gasteiger partial charge on any atom is -0.382 e.